The minimum absolute atomic E-state index is 0.0802. The summed E-state index contributed by atoms with van der Waals surface area (Å²) in [7, 11) is -1.72. The van der Waals surface area contributed by atoms with Gasteiger partial charge in [-0.3, -0.25) is 9.59 Å². The fraction of sp³-hybridized carbons (Fsp3) is 0.179. The summed E-state index contributed by atoms with van der Waals surface area (Å²) in [6, 6.07) is 23.5. The highest BCUT2D eigenvalue weighted by molar-refractivity contribution is 8.18. The number of hydrogen-bond donors (Lipinski definition) is 2. The van der Waals surface area contributed by atoms with Gasteiger partial charge in [-0.2, -0.15) is 12.7 Å². The maximum atomic E-state index is 12.5. The van der Waals surface area contributed by atoms with Crippen molar-refractivity contribution in [2.75, 3.05) is 18.5 Å². The number of nitrogens with one attached hydrogen (secondary N) is 2. The van der Waals surface area contributed by atoms with Gasteiger partial charge in [-0.15, -0.1) is 0 Å². The van der Waals surface area contributed by atoms with Crippen LogP contribution in [0.3, 0.4) is 0 Å². The zero-order valence-corrected chi connectivity index (χ0v) is 23.1. The van der Waals surface area contributed by atoms with Crippen molar-refractivity contribution in [1.82, 2.24) is 14.3 Å². The molecule has 0 atom stereocenters. The highest BCUT2D eigenvalue weighted by atomic mass is 32.2. The van der Waals surface area contributed by atoms with Crippen molar-refractivity contribution in [1.29, 1.82) is 0 Å². The summed E-state index contributed by atoms with van der Waals surface area (Å²) in [6.07, 6.45) is 1.83. The van der Waals surface area contributed by atoms with E-state index in [1.54, 1.807) is 24.3 Å². The molecule has 5 rings (SSSR count). The van der Waals surface area contributed by atoms with E-state index in [4.69, 9.17) is 0 Å². The van der Waals surface area contributed by atoms with Crippen LogP contribution in [-0.2, 0) is 32.9 Å². The van der Waals surface area contributed by atoms with E-state index in [1.165, 1.54) is 22.9 Å². The molecule has 3 aromatic carbocycles. The van der Waals surface area contributed by atoms with E-state index in [0.29, 0.717) is 15.8 Å². The van der Waals surface area contributed by atoms with Gasteiger partial charge in [0, 0.05) is 25.8 Å². The Hall–Kier alpha value is -3.93. The fourth-order valence-electron chi connectivity index (χ4n) is 4.14. The van der Waals surface area contributed by atoms with Gasteiger partial charge in [0.15, 0.2) is 5.17 Å². The van der Waals surface area contributed by atoms with Crippen molar-refractivity contribution >= 4 is 56.4 Å². The lowest BCUT2D eigenvalue weighted by Gasteiger charge is -2.19. The third-order valence-electron chi connectivity index (χ3n) is 6.25. The molecule has 2 saturated heterocycles. The number of amides is 2. The summed E-state index contributed by atoms with van der Waals surface area (Å²) in [4.78, 5) is 31.1. The summed E-state index contributed by atoms with van der Waals surface area (Å²) >= 11 is 1.26. The Morgan fingerprint density at radius 2 is 1.64 bits per heavy atom. The zero-order valence-electron chi connectivity index (χ0n) is 21.4. The lowest BCUT2D eigenvalue weighted by Crippen LogP contribution is -2.29. The van der Waals surface area contributed by atoms with Gasteiger partial charge in [-0.25, -0.2) is 9.71 Å². The van der Waals surface area contributed by atoms with E-state index in [-0.39, 0.29) is 19.0 Å². The predicted molar refractivity (Wildman–Crippen MR) is 154 cm³/mol. The second kappa shape index (κ2) is 11.0. The van der Waals surface area contributed by atoms with E-state index < -0.39 is 16.1 Å². The average Bonchev–Trinajstić information content (AvgIpc) is 3.37. The molecule has 3 aromatic rings. The molecule has 2 amide bonds. The normalized spacial score (nSPS) is 18.9. The first-order chi connectivity index (χ1) is 18.6. The lowest BCUT2D eigenvalue weighted by molar-refractivity contribution is -0.118. The maximum Gasteiger partial charge on any atom is 0.304 e. The SMILES string of the molecule is Cc1ccc(CN(C)c2ccc(/C=C3/SC(=Nc4ccc(CN5CC(=O)NS5(=O)=O)cc4)NC3=O)cc2)cc1. The van der Waals surface area contributed by atoms with Crippen molar-refractivity contribution in [2.45, 2.75) is 20.0 Å². The largest absolute Gasteiger partial charge is 0.370 e. The summed E-state index contributed by atoms with van der Waals surface area (Å²) in [5.74, 6) is -0.760. The number of aliphatic imine (C=N–C) groups is 1. The highest BCUT2D eigenvalue weighted by Crippen LogP contribution is 2.29. The summed E-state index contributed by atoms with van der Waals surface area (Å²) in [5, 5.41) is 3.25. The molecule has 0 aromatic heterocycles. The maximum absolute atomic E-state index is 12.5. The Morgan fingerprint density at radius 1 is 0.974 bits per heavy atom. The van der Waals surface area contributed by atoms with Gasteiger partial charge in [-0.05, 0) is 65.7 Å². The van der Waals surface area contributed by atoms with Crippen LogP contribution in [0.2, 0.25) is 0 Å². The molecule has 0 aliphatic carbocycles. The van der Waals surface area contributed by atoms with Crippen molar-refractivity contribution < 1.29 is 18.0 Å². The third kappa shape index (κ3) is 6.56. The van der Waals surface area contributed by atoms with Gasteiger partial charge in [0.25, 0.3) is 5.91 Å². The van der Waals surface area contributed by atoms with Gasteiger partial charge in [-0.1, -0.05) is 54.1 Å². The number of aryl methyl sites for hydroxylation is 1. The fourth-order valence-corrected chi connectivity index (χ4v) is 6.07. The first-order valence-electron chi connectivity index (χ1n) is 12.2. The molecule has 0 saturated carbocycles. The van der Waals surface area contributed by atoms with E-state index in [2.05, 4.69) is 53.4 Å². The number of nitrogens with zero attached hydrogens (tertiary/aromatic N) is 3. The van der Waals surface area contributed by atoms with Gasteiger partial charge < -0.3 is 10.2 Å². The molecule has 2 aliphatic heterocycles. The average molecular weight is 562 g/mol. The molecule has 2 aliphatic rings. The standard InChI is InChI=1S/C28H27N5O4S2/c1-19-3-5-21(6-4-19)16-32(2)24-13-9-20(10-14-24)15-25-27(35)30-28(38-25)29-23-11-7-22(8-12-23)17-33-18-26(34)31-39(33,36)37/h3-15H,16-18H2,1-2H3,(H,31,34)(H,29,30,35)/b25-15+. The van der Waals surface area contributed by atoms with Crippen LogP contribution in [0, 0.1) is 6.92 Å². The Morgan fingerprint density at radius 3 is 2.28 bits per heavy atom. The summed E-state index contributed by atoms with van der Waals surface area (Å²) in [5.41, 5.74) is 5.80. The molecular formula is C28H27N5O4S2. The Balaban J connectivity index is 1.20. The molecule has 2 fully saturated rings. The van der Waals surface area contributed by atoms with Crippen LogP contribution in [0.4, 0.5) is 11.4 Å². The summed E-state index contributed by atoms with van der Waals surface area (Å²) < 4.78 is 26.9. The van der Waals surface area contributed by atoms with Crippen molar-refractivity contribution in [3.05, 3.63) is 100.0 Å². The van der Waals surface area contributed by atoms with E-state index in [1.807, 2.05) is 35.1 Å². The molecule has 0 bridgehead atoms. The second-order valence-corrected chi connectivity index (χ2v) is 12.1. The minimum Gasteiger partial charge on any atom is -0.370 e. The van der Waals surface area contributed by atoms with Crippen LogP contribution in [0.25, 0.3) is 6.08 Å². The van der Waals surface area contributed by atoms with Crippen LogP contribution in [0.15, 0.2) is 82.7 Å². The molecule has 0 radical (unpaired) electrons. The molecule has 2 heterocycles. The highest BCUT2D eigenvalue weighted by Gasteiger charge is 2.33. The second-order valence-electron chi connectivity index (χ2n) is 9.38. The number of thioether (sulfide) groups is 1. The Bertz CT molecular complexity index is 1570. The molecule has 200 valence electrons. The minimum atomic E-state index is -3.78. The number of amidine groups is 1. The van der Waals surface area contributed by atoms with Crippen molar-refractivity contribution in [2.24, 2.45) is 4.99 Å². The number of rotatable bonds is 7. The summed E-state index contributed by atoms with van der Waals surface area (Å²) in [6.45, 7) is 2.76. The van der Waals surface area contributed by atoms with Gasteiger partial charge >= 0.3 is 10.2 Å². The molecule has 9 nitrogen and oxygen atoms in total. The topological polar surface area (TPSA) is 111 Å². The molecule has 0 spiro atoms. The van der Waals surface area contributed by atoms with E-state index in [0.717, 1.165) is 27.7 Å². The van der Waals surface area contributed by atoms with Gasteiger partial charge in [0.2, 0.25) is 5.91 Å². The number of carbonyl (C=O) groups is 2. The van der Waals surface area contributed by atoms with E-state index >= 15 is 0 Å². The third-order valence-corrected chi connectivity index (χ3v) is 8.58. The smallest absolute Gasteiger partial charge is 0.304 e. The molecular weight excluding hydrogens is 534 g/mol. The Kier molecular flexibility index (Phi) is 7.56. The van der Waals surface area contributed by atoms with Crippen LogP contribution >= 0.6 is 11.8 Å². The van der Waals surface area contributed by atoms with Gasteiger partial charge in [0.05, 0.1) is 17.1 Å². The zero-order chi connectivity index (χ0) is 27.6. The van der Waals surface area contributed by atoms with Gasteiger partial charge in [0.1, 0.15) is 0 Å². The number of hydrogen-bond acceptors (Lipinski definition) is 7. The first kappa shape index (κ1) is 26.7. The number of benzene rings is 3. The van der Waals surface area contributed by atoms with Crippen molar-refractivity contribution in [3.8, 4) is 0 Å². The quantitative estimate of drug-likeness (QED) is 0.426. The van der Waals surface area contributed by atoms with E-state index in [9.17, 15) is 18.0 Å². The molecule has 39 heavy (non-hydrogen) atoms. The molecule has 2 N–H and O–H groups in total. The Labute approximate surface area is 231 Å². The van der Waals surface area contributed by atoms with Crippen LogP contribution in [0.1, 0.15) is 22.3 Å². The lowest BCUT2D eigenvalue weighted by atomic mass is 10.1. The number of carbonyl (C=O) groups excluding carboxylic acids is 2. The monoisotopic (exact) mass is 561 g/mol. The predicted octanol–water partition coefficient (Wildman–Crippen LogP) is 3.70. The number of anilines is 1. The molecule has 11 heteroatoms. The molecule has 0 unspecified atom stereocenters. The van der Waals surface area contributed by atoms with Crippen LogP contribution < -0.4 is 14.9 Å². The van der Waals surface area contributed by atoms with Crippen molar-refractivity contribution in [3.63, 3.8) is 0 Å². The van der Waals surface area contributed by atoms with Crippen LogP contribution in [0.5, 0.6) is 0 Å². The first-order valence-corrected chi connectivity index (χ1v) is 14.5. The van der Waals surface area contributed by atoms with Crippen LogP contribution in [-0.4, -0.2) is 43.3 Å².